The van der Waals surface area contributed by atoms with Crippen molar-refractivity contribution in [2.75, 3.05) is 5.32 Å². The molecule has 7 nitrogen and oxygen atoms in total. The third kappa shape index (κ3) is 6.70. The first-order valence-corrected chi connectivity index (χ1v) is 11.6. The summed E-state index contributed by atoms with van der Waals surface area (Å²) in [7, 11) is 0. The molecule has 0 saturated carbocycles. The third-order valence-corrected chi connectivity index (χ3v) is 5.32. The molecule has 3 rings (SSSR count). The summed E-state index contributed by atoms with van der Waals surface area (Å²) in [6, 6.07) is 14.3. The van der Waals surface area contributed by atoms with Crippen LogP contribution in [-0.2, 0) is 24.2 Å². The minimum atomic E-state index is -0.967. The number of carbonyl (C=O) groups excluding carboxylic acids is 1. The van der Waals surface area contributed by atoms with E-state index in [1.54, 1.807) is 30.3 Å². The van der Waals surface area contributed by atoms with E-state index < -0.39 is 11.6 Å². The molecule has 0 radical (unpaired) electrons. The Morgan fingerprint density at radius 3 is 2.44 bits per heavy atom. The third-order valence-electron chi connectivity index (χ3n) is 5.32. The maximum atomic E-state index is 12.3. The normalized spacial score (nSPS) is 11.3. The minimum Gasteiger partial charge on any atom is -0.478 e. The van der Waals surface area contributed by atoms with Crippen molar-refractivity contribution in [3.63, 3.8) is 0 Å². The van der Waals surface area contributed by atoms with E-state index in [-0.39, 0.29) is 11.5 Å². The molecular formula is C27H33N3O4. The second-order valence-electron chi connectivity index (χ2n) is 9.26. The van der Waals surface area contributed by atoms with Gasteiger partial charge in [0.2, 0.25) is 0 Å². The highest BCUT2D eigenvalue weighted by atomic mass is 16.6. The van der Waals surface area contributed by atoms with Crippen molar-refractivity contribution < 1.29 is 19.4 Å². The Labute approximate surface area is 200 Å². The number of anilines is 1. The van der Waals surface area contributed by atoms with Gasteiger partial charge in [-0.05, 0) is 57.0 Å². The van der Waals surface area contributed by atoms with Crippen LogP contribution in [0.5, 0.6) is 0 Å². The Kier molecular flexibility index (Phi) is 8.10. The number of nitrogens with zero attached hydrogens (tertiary/aromatic N) is 2. The zero-order valence-corrected chi connectivity index (χ0v) is 20.3. The lowest BCUT2D eigenvalue weighted by molar-refractivity contribution is 0.00693. The molecule has 180 valence electrons. The predicted octanol–water partition coefficient (Wildman–Crippen LogP) is 5.54. The number of benzene rings is 2. The van der Waals surface area contributed by atoms with Gasteiger partial charge in [-0.15, -0.1) is 0 Å². The number of aromatic carboxylic acids is 1. The average Bonchev–Trinajstić information content (AvgIpc) is 3.16. The van der Waals surface area contributed by atoms with E-state index in [9.17, 15) is 14.7 Å². The summed E-state index contributed by atoms with van der Waals surface area (Å²) in [5.41, 5.74) is 2.78. The van der Waals surface area contributed by atoms with Gasteiger partial charge in [-0.25, -0.2) is 14.6 Å². The van der Waals surface area contributed by atoms with E-state index in [0.717, 1.165) is 36.3 Å². The fraction of sp³-hybridized carbons (Fsp3) is 0.370. The standard InChI is InChI=1S/C27H33N3O4/c1-5-6-11-24-29-17-21(16-28-23-10-8-7-9-22(23)25(31)32)30(24)18-19-12-14-20(15-13-19)26(33)34-27(2,3)4/h7-10,12-15,17,28H,5-6,11,16,18H2,1-4H3,(H,31,32). The number of carbonyl (C=O) groups is 2. The Bertz CT molecular complexity index is 1130. The molecule has 0 fully saturated rings. The number of aryl methyl sites for hydroxylation is 1. The van der Waals surface area contributed by atoms with Crippen LogP contribution in [0.1, 0.15) is 78.3 Å². The molecule has 1 aromatic heterocycles. The monoisotopic (exact) mass is 463 g/mol. The molecule has 34 heavy (non-hydrogen) atoms. The smallest absolute Gasteiger partial charge is 0.338 e. The van der Waals surface area contributed by atoms with Crippen molar-refractivity contribution >= 4 is 17.6 Å². The molecule has 0 aliphatic carbocycles. The summed E-state index contributed by atoms with van der Waals surface area (Å²) in [5, 5.41) is 12.7. The molecule has 0 unspecified atom stereocenters. The van der Waals surface area contributed by atoms with Crippen molar-refractivity contribution in [2.24, 2.45) is 0 Å². The molecule has 1 heterocycles. The highest BCUT2D eigenvalue weighted by Gasteiger charge is 2.18. The second kappa shape index (κ2) is 11.0. The number of rotatable bonds is 10. The summed E-state index contributed by atoms with van der Waals surface area (Å²) in [4.78, 5) is 28.5. The van der Waals surface area contributed by atoms with Crippen LogP contribution in [0.15, 0.2) is 54.7 Å². The number of aromatic nitrogens is 2. The van der Waals surface area contributed by atoms with Crippen LogP contribution in [0, 0.1) is 0 Å². The number of nitrogens with one attached hydrogen (secondary N) is 1. The van der Waals surface area contributed by atoms with E-state index in [0.29, 0.717) is 24.3 Å². The average molecular weight is 464 g/mol. The summed E-state index contributed by atoms with van der Waals surface area (Å²) in [5.74, 6) is -0.320. The van der Waals surface area contributed by atoms with Gasteiger partial charge in [0.1, 0.15) is 11.4 Å². The number of hydrogen-bond donors (Lipinski definition) is 2. The fourth-order valence-electron chi connectivity index (χ4n) is 3.60. The molecule has 0 aliphatic rings. The highest BCUT2D eigenvalue weighted by molar-refractivity contribution is 5.94. The lowest BCUT2D eigenvalue weighted by atomic mass is 10.1. The molecule has 0 bridgehead atoms. The van der Waals surface area contributed by atoms with Gasteiger partial charge in [-0.2, -0.15) is 0 Å². The topological polar surface area (TPSA) is 93.5 Å². The number of para-hydroxylation sites is 1. The van der Waals surface area contributed by atoms with E-state index in [4.69, 9.17) is 4.74 Å². The van der Waals surface area contributed by atoms with Crippen molar-refractivity contribution in [1.82, 2.24) is 9.55 Å². The Morgan fingerprint density at radius 1 is 1.09 bits per heavy atom. The van der Waals surface area contributed by atoms with Crippen molar-refractivity contribution in [3.05, 3.63) is 82.9 Å². The summed E-state index contributed by atoms with van der Waals surface area (Å²) in [6.07, 6.45) is 4.80. The number of imidazole rings is 1. The number of carboxylic acids is 1. The van der Waals surface area contributed by atoms with E-state index in [1.165, 1.54) is 0 Å². The Morgan fingerprint density at radius 2 is 1.79 bits per heavy atom. The van der Waals surface area contributed by atoms with Gasteiger partial charge >= 0.3 is 11.9 Å². The number of unbranched alkanes of at least 4 members (excludes halogenated alkanes) is 1. The van der Waals surface area contributed by atoms with Crippen LogP contribution in [-0.4, -0.2) is 32.2 Å². The summed E-state index contributed by atoms with van der Waals surface area (Å²) >= 11 is 0. The zero-order chi connectivity index (χ0) is 24.7. The molecule has 0 atom stereocenters. The molecule has 7 heteroatoms. The minimum absolute atomic E-state index is 0.234. The molecule has 0 spiro atoms. The van der Waals surface area contributed by atoms with Crippen molar-refractivity contribution in [2.45, 2.75) is 65.6 Å². The number of carboxylic acid groups (broad SMARTS) is 1. The maximum Gasteiger partial charge on any atom is 0.338 e. The van der Waals surface area contributed by atoms with Crippen LogP contribution in [0.3, 0.4) is 0 Å². The summed E-state index contributed by atoms with van der Waals surface area (Å²) in [6.45, 7) is 8.74. The van der Waals surface area contributed by atoms with E-state index in [1.807, 2.05) is 45.2 Å². The molecule has 0 aliphatic heterocycles. The van der Waals surface area contributed by atoms with Crippen LogP contribution in [0.2, 0.25) is 0 Å². The molecule has 2 aromatic carbocycles. The van der Waals surface area contributed by atoms with Crippen LogP contribution >= 0.6 is 0 Å². The largest absolute Gasteiger partial charge is 0.478 e. The number of hydrogen-bond acceptors (Lipinski definition) is 5. The zero-order valence-electron chi connectivity index (χ0n) is 20.3. The van der Waals surface area contributed by atoms with Gasteiger partial charge in [-0.1, -0.05) is 37.6 Å². The highest BCUT2D eigenvalue weighted by Crippen LogP contribution is 2.19. The first-order chi connectivity index (χ1) is 16.2. The SMILES string of the molecule is CCCCc1ncc(CNc2ccccc2C(=O)O)n1Cc1ccc(C(=O)OC(C)(C)C)cc1. The first kappa shape index (κ1) is 25.0. The van der Waals surface area contributed by atoms with Crippen LogP contribution < -0.4 is 5.32 Å². The van der Waals surface area contributed by atoms with Gasteiger partial charge < -0.3 is 19.7 Å². The Balaban J connectivity index is 1.79. The number of esters is 1. The Hall–Kier alpha value is -3.61. The van der Waals surface area contributed by atoms with Gasteiger partial charge in [0.15, 0.2) is 0 Å². The summed E-state index contributed by atoms with van der Waals surface area (Å²) < 4.78 is 7.61. The molecule has 3 aromatic rings. The van der Waals surface area contributed by atoms with E-state index in [2.05, 4.69) is 21.8 Å². The van der Waals surface area contributed by atoms with Gasteiger partial charge in [0.05, 0.1) is 29.6 Å². The molecule has 0 saturated heterocycles. The second-order valence-corrected chi connectivity index (χ2v) is 9.26. The predicted molar refractivity (Wildman–Crippen MR) is 132 cm³/mol. The van der Waals surface area contributed by atoms with Crippen molar-refractivity contribution in [1.29, 1.82) is 0 Å². The van der Waals surface area contributed by atoms with Gasteiger partial charge in [-0.3, -0.25) is 0 Å². The fourth-order valence-corrected chi connectivity index (χ4v) is 3.60. The van der Waals surface area contributed by atoms with Gasteiger partial charge in [0, 0.05) is 18.7 Å². The molecule has 0 amide bonds. The maximum absolute atomic E-state index is 12.3. The molecule has 2 N–H and O–H groups in total. The van der Waals surface area contributed by atoms with Crippen LogP contribution in [0.25, 0.3) is 0 Å². The van der Waals surface area contributed by atoms with Crippen molar-refractivity contribution in [3.8, 4) is 0 Å². The first-order valence-electron chi connectivity index (χ1n) is 11.6. The van der Waals surface area contributed by atoms with E-state index >= 15 is 0 Å². The number of ether oxygens (including phenoxy) is 1. The lowest BCUT2D eigenvalue weighted by Crippen LogP contribution is -2.23. The van der Waals surface area contributed by atoms with Crippen LogP contribution in [0.4, 0.5) is 5.69 Å². The quantitative estimate of drug-likeness (QED) is 0.384. The van der Waals surface area contributed by atoms with Gasteiger partial charge in [0.25, 0.3) is 0 Å². The molecular weight excluding hydrogens is 430 g/mol. The lowest BCUT2D eigenvalue weighted by Gasteiger charge is -2.19.